The van der Waals surface area contributed by atoms with Crippen LogP contribution in [0.4, 0.5) is 0 Å². The molecule has 10 N–H and O–H groups in total. The number of carbonyl (C=O) groups excluding carboxylic acids is 3. The number of amides is 3. The van der Waals surface area contributed by atoms with Crippen molar-refractivity contribution in [3.8, 4) is 35.5 Å². The summed E-state index contributed by atoms with van der Waals surface area (Å²) in [6.07, 6.45) is 31.5. The maximum absolute atomic E-state index is 14.8. The van der Waals surface area contributed by atoms with E-state index in [2.05, 4.69) is 151 Å². The van der Waals surface area contributed by atoms with Gasteiger partial charge in [0.15, 0.2) is 32.9 Å². The maximum atomic E-state index is 14.8. The number of aliphatic imine (C=N–C) groups is 2. The first-order chi connectivity index (χ1) is 65.1. The molecule has 138 heavy (non-hydrogen) atoms. The molecule has 18 aliphatic rings. The number of nitrogens with two attached hydrogens (primary N) is 2. The van der Waals surface area contributed by atoms with Crippen molar-refractivity contribution in [2.24, 2.45) is 55.5 Å². The van der Waals surface area contributed by atoms with Crippen LogP contribution in [0.15, 0.2) is 64.6 Å². The van der Waals surface area contributed by atoms with E-state index < -0.39 is 45.9 Å². The van der Waals surface area contributed by atoms with E-state index in [1.807, 2.05) is 12.0 Å². The van der Waals surface area contributed by atoms with Crippen LogP contribution in [0.5, 0.6) is 0 Å². The van der Waals surface area contributed by atoms with Crippen LogP contribution >= 0.6 is 58.6 Å². The number of nitrogens with zero attached hydrogens (tertiary/aromatic N) is 5. The lowest BCUT2D eigenvalue weighted by molar-refractivity contribution is -0.142. The number of thiocarbonyl (C=S) groups is 1. The largest absolute Gasteiger partial charge is 0.394 e. The number of hydrogen-bond acceptors (Lipinski definition) is 29. The third-order valence-corrected chi connectivity index (χ3v) is 32.0. The van der Waals surface area contributed by atoms with Crippen molar-refractivity contribution in [3.63, 3.8) is 0 Å². The van der Waals surface area contributed by atoms with Crippen LogP contribution in [0.2, 0.25) is 0 Å². The second kappa shape index (κ2) is 50.0. The topological polar surface area (TPSA) is 421 Å². The Hall–Kier alpha value is -5.60. The third kappa shape index (κ3) is 27.6. The number of aliphatic hydroxyl groups is 1. The fraction of sp³-hybridized carbons (Fsp3) is 0.700. The Labute approximate surface area is 849 Å². The number of methoxy groups -OCH3 is 3. The molecule has 9 unspecified atom stereocenters. The summed E-state index contributed by atoms with van der Waals surface area (Å²) in [5.74, 6) is 23.1. The molecule has 7 saturated heterocycles. The van der Waals surface area contributed by atoms with Crippen LogP contribution in [0, 0.1) is 69.5 Å². The highest BCUT2D eigenvalue weighted by Crippen LogP contribution is 2.65. The van der Waals surface area contributed by atoms with Crippen molar-refractivity contribution >= 4 is 122 Å². The second-order valence-electron chi connectivity index (χ2n) is 38.7. The highest BCUT2D eigenvalue weighted by atomic mass is 127. The number of ether oxygens (including phenoxy) is 9. The number of hydrogen-bond donors (Lipinski definition) is 6. The molecule has 21 rings (SSSR count). The molecule has 0 bridgehead atoms. The molecule has 9 heterocycles. The van der Waals surface area contributed by atoms with Crippen LogP contribution in [-0.4, -0.2) is 279 Å². The summed E-state index contributed by atoms with van der Waals surface area (Å²) in [4.78, 5) is 58.8. The van der Waals surface area contributed by atoms with Crippen LogP contribution in [0.25, 0.3) is 0 Å². The number of guanidine groups is 1. The number of halogens is 2. The van der Waals surface area contributed by atoms with Crippen molar-refractivity contribution in [2.75, 3.05) is 145 Å². The summed E-state index contributed by atoms with van der Waals surface area (Å²) >= 11 is 7.06. The van der Waals surface area contributed by atoms with Gasteiger partial charge in [0.25, 0.3) is 38.0 Å². The number of aliphatic hydroxyl groups excluding tert-OH is 1. The third-order valence-electron chi connectivity index (χ3n) is 29.5. The summed E-state index contributed by atoms with van der Waals surface area (Å²) in [5.41, 5.74) is 17.6. The van der Waals surface area contributed by atoms with Crippen molar-refractivity contribution in [1.82, 2.24) is 31.5 Å². The van der Waals surface area contributed by atoms with E-state index >= 15 is 0 Å². The Kier molecular flexibility index (Phi) is 40.8. The number of nitrogens with one attached hydrogen (secondary N) is 2. The highest BCUT2D eigenvalue weighted by molar-refractivity contribution is 14.0. The monoisotopic (exact) mass is 2140 g/mol. The Bertz CT molecular complexity index is 5230. The first-order valence-corrected chi connectivity index (χ1v) is 56.5. The van der Waals surface area contributed by atoms with Gasteiger partial charge in [-0.3, -0.25) is 32.5 Å². The highest BCUT2D eigenvalue weighted by Gasteiger charge is 2.70. The molecular weight excluding hydrogens is 2000 g/mol. The van der Waals surface area contributed by atoms with E-state index in [0.717, 1.165) is 238 Å². The molecule has 6 saturated carbocycles. The summed E-state index contributed by atoms with van der Waals surface area (Å²) in [6.45, 7) is 16.4. The molecule has 3 aromatic carbocycles. The summed E-state index contributed by atoms with van der Waals surface area (Å²) < 4.78 is 118. The van der Waals surface area contributed by atoms with Crippen molar-refractivity contribution in [3.05, 3.63) is 105 Å². The molecule has 3 amide bonds. The van der Waals surface area contributed by atoms with Gasteiger partial charge in [0.2, 0.25) is 9.05 Å². The van der Waals surface area contributed by atoms with E-state index in [1.165, 1.54) is 81.9 Å². The minimum absolute atomic E-state index is 0. The number of benzene rings is 3. The zero-order chi connectivity index (χ0) is 97.4. The maximum Gasteiger partial charge on any atom is 0.264 e. The molecular formula is C100H146ClIN10O21S5. The predicted octanol–water partition coefficient (Wildman–Crippen LogP) is 10.9. The standard InChI is InChI=1S/C30H36N2O4S.C26H31N3O3.C22H24N2O2S.C6H15N.2C5H10O4S.C4H8O2.CH3ClO2S.CH5N.HI.H3N/c1-34-23-8-12-29(13-9-23)17-22-7-6-21(5-4-20-2-3-20)16-26(22)30(29)27(33)32(18-24-10-14-35-24)28(31-30)37-19-25-11-15-36-25;1-31-20-8-11-25(12-9-20)15-19-7-6-18(5-4-17-2-3-17)14-22(19)26(25)23(30)29(24(27)28-26)16-21-10-13-32-21;1-26-17-8-10-21(11-9-17)13-16-7-6-15(5-4-14-2-3-14)12-18(16)22(21)19(25)23-20(27)24-22;1-4-7(5-2)6-3;2*1-10(6,7)9-4-5-2-3-8-5;5-3-4-1-2-6-4;1-5(2,3)4;1-2;;/h6-7,16,20,23-25H,2-3,8-15,17-19H2,1H3;6-7,14,17,20-21H,2-3,8-13,15-16H2,1H3,(H2,27,28);6-7,12,14,17H,2-3,8-11,13H2,1H3,(H2,23,24,25,27);4-6H2,1-3H3;2*5H,2-4H2,1H3;4-5H,1-3H2;1H3;2H2,1H3;1H;1H3. The van der Waals surface area contributed by atoms with E-state index in [4.69, 9.17) is 75.7 Å². The Morgan fingerprint density at radius 1 is 0.514 bits per heavy atom. The lowest BCUT2D eigenvalue weighted by Crippen LogP contribution is -2.56. The molecule has 766 valence electrons. The summed E-state index contributed by atoms with van der Waals surface area (Å²) in [7, 11) is 1.63. The lowest BCUT2D eigenvalue weighted by atomic mass is 9.61. The quantitative estimate of drug-likeness (QED) is 0.0213. The van der Waals surface area contributed by atoms with Crippen LogP contribution < -0.4 is 28.3 Å². The van der Waals surface area contributed by atoms with Gasteiger partial charge in [0, 0.05) is 128 Å². The smallest absolute Gasteiger partial charge is 0.264 e. The number of thioether (sulfide) groups is 1. The number of rotatable bonds is 19. The molecule has 13 fully saturated rings. The van der Waals surface area contributed by atoms with E-state index in [9.17, 15) is 39.6 Å². The molecule has 31 nitrogen and oxygen atoms in total. The van der Waals surface area contributed by atoms with Gasteiger partial charge < -0.3 is 80.9 Å². The number of carbonyl (C=O) groups is 3. The molecule has 38 heteroatoms. The fourth-order valence-corrected chi connectivity index (χ4v) is 22.7. The number of fused-ring (bicyclic) bond motifs is 9. The van der Waals surface area contributed by atoms with E-state index in [1.54, 1.807) is 30.9 Å². The molecule has 9 aliphatic carbocycles. The van der Waals surface area contributed by atoms with Gasteiger partial charge in [-0.15, -0.1) is 24.0 Å². The van der Waals surface area contributed by atoms with Crippen LogP contribution in [-0.2, 0) is 131 Å². The Balaban J connectivity index is 0.000000165. The van der Waals surface area contributed by atoms with Gasteiger partial charge in [0.1, 0.15) is 0 Å². The fourth-order valence-electron chi connectivity index (χ4n) is 20.6. The lowest BCUT2D eigenvalue weighted by Gasteiger charge is -2.46. The van der Waals surface area contributed by atoms with Crippen molar-refractivity contribution in [2.45, 2.75) is 266 Å². The molecule has 3 aromatic rings. The van der Waals surface area contributed by atoms with E-state index in [0.29, 0.717) is 41.9 Å². The van der Waals surface area contributed by atoms with Gasteiger partial charge in [-0.05, 0) is 282 Å². The zero-order valence-corrected chi connectivity index (χ0v) is 89.0. The van der Waals surface area contributed by atoms with Crippen molar-refractivity contribution < 1.29 is 95.7 Å². The second-order valence-corrected chi connectivity index (χ2v) is 46.4. The predicted molar refractivity (Wildman–Crippen MR) is 548 cm³/mol. The zero-order valence-electron chi connectivity index (χ0n) is 81.9. The SMILES string of the molecule is CCN(CC)CC.CN.COC1CCC2(CC1)Cc1ccc(C#CC3CC3)cc1C21N=C(N)N(CC2CCO2)C1=O.COC1CCC2(CC1)Cc1ccc(C#CC3CC3)cc1C21N=C(SCC2CCO2)N(CC2CCO2)C1=O.COC1CCC2(CC1)Cc1ccc(C#CC3CC3)cc1C21NC(=S)NC1=O.CS(=O)(=O)Cl.CS(=O)(=O)OCC1CCO1.CS(=O)(=O)OCC1CCO1.I.N.OCC1CCO1. The molecule has 9 aliphatic heterocycles. The van der Waals surface area contributed by atoms with Gasteiger partial charge >= 0.3 is 0 Å². The van der Waals surface area contributed by atoms with Gasteiger partial charge in [-0.1, -0.05) is 86.3 Å². The molecule has 0 aromatic heterocycles. The Morgan fingerprint density at radius 2 is 0.848 bits per heavy atom. The minimum Gasteiger partial charge on any atom is -0.394 e. The first-order valence-electron chi connectivity index (χ1n) is 48.7. The minimum atomic E-state index is -3.28. The van der Waals surface area contributed by atoms with Gasteiger partial charge in [0.05, 0.1) is 107 Å². The van der Waals surface area contributed by atoms with Crippen LogP contribution in [0.3, 0.4) is 0 Å². The average molecular weight is 2150 g/mol. The molecule has 6 spiro atoms. The Morgan fingerprint density at radius 3 is 1.15 bits per heavy atom. The van der Waals surface area contributed by atoms with Gasteiger partial charge in [-0.2, -0.15) is 16.8 Å². The van der Waals surface area contributed by atoms with E-state index in [-0.39, 0.29) is 139 Å². The first kappa shape index (κ1) is 113. The summed E-state index contributed by atoms with van der Waals surface area (Å²) in [6, 6.07) is 19.4. The summed E-state index contributed by atoms with van der Waals surface area (Å²) in [5, 5.41) is 15.9. The normalized spacial score (nSPS) is 30.8. The van der Waals surface area contributed by atoms with Crippen LogP contribution in [0.1, 0.15) is 225 Å². The average Bonchev–Trinajstić information content (AvgIpc) is 1.53. The molecule has 9 atom stereocenters. The van der Waals surface area contributed by atoms with Gasteiger partial charge in [-0.25, -0.2) is 18.4 Å². The molecule has 0 radical (unpaired) electrons. The van der Waals surface area contributed by atoms with Crippen molar-refractivity contribution in [1.29, 1.82) is 0 Å². The number of amidine groups is 1.